The number of nitrogens with two attached hydrogens (primary N) is 1. The first kappa shape index (κ1) is 38.9. The van der Waals surface area contributed by atoms with Gasteiger partial charge in [-0.2, -0.15) is 4.98 Å². The lowest BCUT2D eigenvalue weighted by Crippen LogP contribution is -2.52. The Morgan fingerprint density at radius 1 is 0.982 bits per heavy atom. The second-order valence-corrected chi connectivity index (χ2v) is 14.7. The highest BCUT2D eigenvalue weighted by Crippen LogP contribution is 2.28. The molecule has 4 aliphatic heterocycles. The average Bonchev–Trinajstić information content (AvgIpc) is 3.53. The van der Waals surface area contributed by atoms with Crippen LogP contribution in [0, 0.1) is 24.6 Å². The van der Waals surface area contributed by atoms with Crippen molar-refractivity contribution in [2.24, 2.45) is 5.73 Å². The van der Waals surface area contributed by atoms with Crippen LogP contribution in [0.25, 0.3) is 0 Å². The van der Waals surface area contributed by atoms with Gasteiger partial charge in [0.1, 0.15) is 11.9 Å². The summed E-state index contributed by atoms with van der Waals surface area (Å²) in [6, 6.07) is 9.24. The second-order valence-electron chi connectivity index (χ2n) is 14.7. The van der Waals surface area contributed by atoms with Gasteiger partial charge in [0, 0.05) is 82.6 Å². The van der Waals surface area contributed by atoms with E-state index in [9.17, 15) is 24.0 Å². The maximum absolute atomic E-state index is 15.6. The topological polar surface area (TPSA) is 202 Å². The number of anilines is 4. The number of amides is 6. The lowest BCUT2D eigenvalue weighted by Gasteiger charge is -2.37. The Bertz CT molecular complexity index is 2150. The summed E-state index contributed by atoms with van der Waals surface area (Å²) in [7, 11) is 1.79. The first-order valence-corrected chi connectivity index (χ1v) is 19.0. The molecule has 4 aliphatic rings. The number of rotatable bonds is 9. The third kappa shape index (κ3) is 8.88. The van der Waals surface area contributed by atoms with Crippen molar-refractivity contribution in [1.82, 2.24) is 40.5 Å². The molecule has 0 spiro atoms. The van der Waals surface area contributed by atoms with Crippen LogP contribution in [0.5, 0.6) is 0 Å². The molecule has 4 fully saturated rings. The predicted molar refractivity (Wildman–Crippen MR) is 208 cm³/mol. The van der Waals surface area contributed by atoms with Crippen LogP contribution >= 0.6 is 0 Å². The molecule has 3 aromatic rings. The summed E-state index contributed by atoms with van der Waals surface area (Å²) in [6.45, 7) is 7.34. The molecule has 7 rings (SSSR count). The Hall–Kier alpha value is -6.35. The number of hydrogen-bond acceptors (Lipinski definition) is 12. The Morgan fingerprint density at radius 2 is 1.79 bits per heavy atom. The molecule has 0 radical (unpaired) electrons. The Balaban J connectivity index is 0.926. The minimum Gasteiger partial charge on any atom is -0.367 e. The van der Waals surface area contributed by atoms with Crippen molar-refractivity contribution in [3.05, 3.63) is 64.6 Å². The van der Waals surface area contributed by atoms with E-state index in [0.29, 0.717) is 81.4 Å². The van der Waals surface area contributed by atoms with E-state index >= 15 is 4.39 Å². The molecule has 6 amide bonds. The Kier molecular flexibility index (Phi) is 11.5. The second kappa shape index (κ2) is 16.8. The number of aromatic nitrogens is 3. The molecule has 18 heteroatoms. The Morgan fingerprint density at radius 3 is 2.49 bits per heavy atom. The average molecular weight is 781 g/mol. The molecule has 5 heterocycles. The molecule has 4 saturated heterocycles. The van der Waals surface area contributed by atoms with Crippen molar-refractivity contribution in [2.45, 2.75) is 44.7 Å². The van der Waals surface area contributed by atoms with Crippen LogP contribution < -0.4 is 31.5 Å². The standard InChI is InChI=1S/C39H45FN12O5/c1-24-21-25(7-9-28(24)36(55)43-30-10-12-32(53)44-37(30)56)5-3-13-49-16-18-50(19-17-49)31-11-8-26(22-29(31)40)42-35-33(34(41)54)46-47-38(45-35)51-14-4-6-27(23-51)52-20-15-48(2)39(52)57/h7-9,11,21-22,27,30H,4,6,10,12-20,23H2,1-2H3,(H2,41,54)(H,43,55)(H,42,45,47)(H,44,53,56). The number of piperazine rings is 1. The molecule has 17 nitrogen and oxygen atoms in total. The summed E-state index contributed by atoms with van der Waals surface area (Å²) < 4.78 is 15.6. The summed E-state index contributed by atoms with van der Waals surface area (Å²) >= 11 is 0. The van der Waals surface area contributed by atoms with E-state index in [1.54, 1.807) is 43.1 Å². The summed E-state index contributed by atoms with van der Waals surface area (Å²) in [5.41, 5.74) is 8.13. The fourth-order valence-electron chi connectivity index (χ4n) is 7.54. The van der Waals surface area contributed by atoms with Crippen LogP contribution in [0.3, 0.4) is 0 Å². The first-order chi connectivity index (χ1) is 27.4. The van der Waals surface area contributed by atoms with Crippen LogP contribution in [0.1, 0.15) is 57.7 Å². The normalized spacial score (nSPS) is 20.2. The molecule has 298 valence electrons. The van der Waals surface area contributed by atoms with E-state index in [2.05, 4.69) is 47.9 Å². The number of nitrogens with one attached hydrogen (secondary N) is 3. The van der Waals surface area contributed by atoms with Crippen molar-refractivity contribution < 1.29 is 28.4 Å². The van der Waals surface area contributed by atoms with Crippen molar-refractivity contribution in [3.8, 4) is 11.8 Å². The number of likely N-dealkylation sites (N-methyl/N-ethyl adjacent to an activating group) is 1. The van der Waals surface area contributed by atoms with Crippen molar-refractivity contribution in [2.75, 3.05) is 81.1 Å². The van der Waals surface area contributed by atoms with Crippen LogP contribution in [-0.2, 0) is 9.59 Å². The zero-order valence-corrected chi connectivity index (χ0v) is 31.9. The maximum Gasteiger partial charge on any atom is 0.320 e. The van der Waals surface area contributed by atoms with Crippen molar-refractivity contribution in [1.29, 1.82) is 0 Å². The molecule has 0 aliphatic carbocycles. The first-order valence-electron chi connectivity index (χ1n) is 19.0. The lowest BCUT2D eigenvalue weighted by molar-refractivity contribution is -0.134. The monoisotopic (exact) mass is 780 g/mol. The van der Waals surface area contributed by atoms with E-state index in [1.807, 2.05) is 20.8 Å². The van der Waals surface area contributed by atoms with Gasteiger partial charge in [0.2, 0.25) is 17.8 Å². The molecule has 1 aromatic heterocycles. The van der Waals surface area contributed by atoms with Crippen molar-refractivity contribution >= 4 is 52.8 Å². The van der Waals surface area contributed by atoms with E-state index in [0.717, 1.165) is 18.4 Å². The number of halogens is 1. The fraction of sp³-hybridized carbons (Fsp3) is 0.436. The van der Waals surface area contributed by atoms with Gasteiger partial charge in [-0.05, 0) is 68.1 Å². The number of aryl methyl sites for hydroxylation is 1. The fourth-order valence-corrected chi connectivity index (χ4v) is 7.54. The number of primary amides is 1. The highest BCUT2D eigenvalue weighted by molar-refractivity contribution is 6.04. The van der Waals surface area contributed by atoms with E-state index in [-0.39, 0.29) is 54.2 Å². The molecular weight excluding hydrogens is 736 g/mol. The molecule has 2 unspecified atom stereocenters. The van der Waals surface area contributed by atoms with Gasteiger partial charge >= 0.3 is 6.03 Å². The molecular formula is C39H45FN12O5. The molecule has 5 N–H and O–H groups in total. The number of hydrogen-bond donors (Lipinski definition) is 4. The van der Waals surface area contributed by atoms with E-state index in [1.165, 1.54) is 6.07 Å². The van der Waals surface area contributed by atoms with Gasteiger partial charge in [-0.25, -0.2) is 9.18 Å². The maximum atomic E-state index is 15.6. The predicted octanol–water partition coefficient (Wildman–Crippen LogP) is 1.21. The van der Waals surface area contributed by atoms with Gasteiger partial charge in [0.15, 0.2) is 11.5 Å². The highest BCUT2D eigenvalue weighted by atomic mass is 19.1. The number of nitrogens with zero attached hydrogens (tertiary/aromatic N) is 8. The summed E-state index contributed by atoms with van der Waals surface area (Å²) in [6.07, 6.45) is 2.13. The largest absolute Gasteiger partial charge is 0.367 e. The smallest absolute Gasteiger partial charge is 0.320 e. The Labute approximate surface area is 329 Å². The molecule has 57 heavy (non-hydrogen) atoms. The number of urea groups is 1. The van der Waals surface area contributed by atoms with Crippen LogP contribution in [0.15, 0.2) is 36.4 Å². The lowest BCUT2D eigenvalue weighted by atomic mass is 10.0. The molecule has 0 saturated carbocycles. The molecule has 2 atom stereocenters. The zero-order chi connectivity index (χ0) is 40.2. The van der Waals surface area contributed by atoms with Crippen molar-refractivity contribution in [3.63, 3.8) is 0 Å². The molecule has 0 bridgehead atoms. The minimum absolute atomic E-state index is 0.000625. The van der Waals surface area contributed by atoms with Crippen LogP contribution in [0.4, 0.5) is 32.3 Å². The minimum atomic E-state index is -0.827. The van der Waals surface area contributed by atoms with Crippen LogP contribution in [0.2, 0.25) is 0 Å². The van der Waals surface area contributed by atoms with E-state index in [4.69, 9.17) is 5.73 Å². The van der Waals surface area contributed by atoms with E-state index < -0.39 is 23.7 Å². The third-order valence-corrected chi connectivity index (χ3v) is 10.8. The number of benzene rings is 2. The van der Waals surface area contributed by atoms with Gasteiger partial charge in [-0.1, -0.05) is 11.8 Å². The third-order valence-electron chi connectivity index (χ3n) is 10.8. The number of piperidine rings is 2. The zero-order valence-electron chi connectivity index (χ0n) is 31.9. The summed E-state index contributed by atoms with van der Waals surface area (Å²) in [4.78, 5) is 75.4. The van der Waals surface area contributed by atoms with Gasteiger partial charge in [-0.15, -0.1) is 10.2 Å². The van der Waals surface area contributed by atoms with Gasteiger partial charge in [-0.3, -0.25) is 29.4 Å². The SMILES string of the molecule is Cc1cc(C#CCN2CCN(c3ccc(Nc4nc(N5CCCC(N6CCN(C)C6=O)C5)nnc4C(N)=O)cc3F)CC2)ccc1C(=O)NC1CCC(=O)NC1=O. The molecule has 2 aromatic carbocycles. The number of carbonyl (C=O) groups is 5. The van der Waals surface area contributed by atoms with Gasteiger partial charge < -0.3 is 36.0 Å². The summed E-state index contributed by atoms with van der Waals surface area (Å²) in [5, 5.41) is 16.2. The quantitative estimate of drug-likeness (QED) is 0.179. The summed E-state index contributed by atoms with van der Waals surface area (Å²) in [5.74, 6) is 4.20. The van der Waals surface area contributed by atoms with Gasteiger partial charge in [0.25, 0.3) is 11.8 Å². The number of carbonyl (C=O) groups excluding carboxylic acids is 5. The van der Waals surface area contributed by atoms with Gasteiger partial charge in [0.05, 0.1) is 18.3 Å². The number of imide groups is 1. The van der Waals surface area contributed by atoms with Crippen LogP contribution in [-0.4, -0.2) is 138 Å². The highest BCUT2D eigenvalue weighted by Gasteiger charge is 2.35.